The van der Waals surface area contributed by atoms with Crippen molar-refractivity contribution in [2.45, 2.75) is 11.8 Å². The largest absolute Gasteiger partial charge is 0.494 e. The summed E-state index contributed by atoms with van der Waals surface area (Å²) in [7, 11) is -1.26. The summed E-state index contributed by atoms with van der Waals surface area (Å²) in [6.07, 6.45) is 0. The second kappa shape index (κ2) is 5.77. The van der Waals surface area contributed by atoms with Gasteiger partial charge in [-0.25, -0.2) is 17.5 Å². The Bertz CT molecular complexity index is 599. The summed E-state index contributed by atoms with van der Waals surface area (Å²) in [6.45, 7) is 1.90. The topological polar surface area (TPSA) is 83.9 Å². The molecule has 0 amide bonds. The minimum absolute atomic E-state index is 0.0151. The first-order valence-electron chi connectivity index (χ1n) is 5.32. The smallest absolute Gasteiger partial charge is 0.339 e. The van der Waals surface area contributed by atoms with Crippen molar-refractivity contribution < 1.29 is 23.1 Å². The van der Waals surface area contributed by atoms with Crippen molar-refractivity contribution >= 4 is 27.6 Å². The van der Waals surface area contributed by atoms with Gasteiger partial charge in [-0.1, -0.05) is 18.5 Å². The average molecular weight is 308 g/mol. The van der Waals surface area contributed by atoms with E-state index in [2.05, 4.69) is 0 Å². The molecule has 0 aliphatic heterocycles. The van der Waals surface area contributed by atoms with Gasteiger partial charge < -0.3 is 9.84 Å². The van der Waals surface area contributed by atoms with Crippen molar-refractivity contribution in [2.75, 3.05) is 20.7 Å². The molecule has 19 heavy (non-hydrogen) atoms. The number of nitrogens with zero attached hydrogens (tertiary/aromatic N) is 1. The van der Waals surface area contributed by atoms with Gasteiger partial charge in [0.15, 0.2) is 5.75 Å². The molecule has 0 saturated heterocycles. The fraction of sp³-hybridized carbons (Fsp3) is 0.364. The molecule has 0 aliphatic carbocycles. The van der Waals surface area contributed by atoms with Crippen LogP contribution in [-0.4, -0.2) is 44.5 Å². The molecule has 1 N–H and O–H groups in total. The van der Waals surface area contributed by atoms with Crippen molar-refractivity contribution in [1.82, 2.24) is 4.31 Å². The van der Waals surface area contributed by atoms with Crippen molar-refractivity contribution in [2.24, 2.45) is 0 Å². The average Bonchev–Trinajstić information content (AvgIpc) is 2.36. The molecule has 1 aromatic rings. The van der Waals surface area contributed by atoms with Crippen molar-refractivity contribution in [3.63, 3.8) is 0 Å². The molecule has 8 heteroatoms. The lowest BCUT2D eigenvalue weighted by Crippen LogP contribution is -2.27. The van der Waals surface area contributed by atoms with Gasteiger partial charge in [-0.15, -0.1) is 0 Å². The first kappa shape index (κ1) is 15.7. The summed E-state index contributed by atoms with van der Waals surface area (Å²) in [5, 5.41) is 9.08. The summed E-state index contributed by atoms with van der Waals surface area (Å²) in [6, 6.07) is 2.32. The second-order valence-corrected chi connectivity index (χ2v) is 6.16. The maximum absolute atomic E-state index is 12.3. The Morgan fingerprint density at radius 1 is 1.47 bits per heavy atom. The molecule has 1 aromatic carbocycles. The number of aromatic carboxylic acids is 1. The number of carboxylic acid groups (broad SMARTS) is 1. The van der Waals surface area contributed by atoms with Crippen LogP contribution in [0.4, 0.5) is 0 Å². The zero-order chi connectivity index (χ0) is 14.8. The Morgan fingerprint density at radius 2 is 2.05 bits per heavy atom. The van der Waals surface area contributed by atoms with E-state index in [1.54, 1.807) is 6.92 Å². The van der Waals surface area contributed by atoms with E-state index in [-0.39, 0.29) is 27.8 Å². The zero-order valence-electron chi connectivity index (χ0n) is 10.7. The van der Waals surface area contributed by atoms with E-state index < -0.39 is 16.0 Å². The van der Waals surface area contributed by atoms with Crippen molar-refractivity contribution in [3.05, 3.63) is 22.7 Å². The van der Waals surface area contributed by atoms with E-state index in [0.29, 0.717) is 0 Å². The third kappa shape index (κ3) is 2.99. The molecular weight excluding hydrogens is 294 g/mol. The molecule has 0 atom stereocenters. The molecule has 1 rings (SSSR count). The molecule has 0 spiro atoms. The monoisotopic (exact) mass is 307 g/mol. The number of methoxy groups -OCH3 is 1. The Kier molecular flexibility index (Phi) is 4.78. The fourth-order valence-corrected chi connectivity index (χ4v) is 3.13. The summed E-state index contributed by atoms with van der Waals surface area (Å²) in [5.41, 5.74) is -0.293. The normalized spacial score (nSPS) is 11.6. The maximum Gasteiger partial charge on any atom is 0.339 e. The van der Waals surface area contributed by atoms with Gasteiger partial charge in [0, 0.05) is 18.6 Å². The Labute approximate surface area is 116 Å². The number of carbonyl (C=O) groups is 1. The van der Waals surface area contributed by atoms with Crippen LogP contribution in [0.15, 0.2) is 17.0 Å². The molecule has 0 saturated carbocycles. The van der Waals surface area contributed by atoms with Gasteiger partial charge >= 0.3 is 5.97 Å². The molecule has 0 aromatic heterocycles. The third-order valence-corrected chi connectivity index (χ3v) is 4.74. The Hall–Kier alpha value is -1.31. The molecule has 0 radical (unpaired) electrons. The highest BCUT2D eigenvalue weighted by Crippen LogP contribution is 2.33. The van der Waals surface area contributed by atoms with Gasteiger partial charge in [-0.3, -0.25) is 0 Å². The SMILES string of the molecule is CCN(C)S(=O)(=O)c1cc(Cl)cc(C(=O)O)c1OC. The van der Waals surface area contributed by atoms with E-state index in [4.69, 9.17) is 21.4 Å². The van der Waals surface area contributed by atoms with Crippen LogP contribution in [0.2, 0.25) is 5.02 Å². The number of benzene rings is 1. The Morgan fingerprint density at radius 3 is 2.47 bits per heavy atom. The number of ether oxygens (including phenoxy) is 1. The number of halogens is 1. The van der Waals surface area contributed by atoms with Crippen LogP contribution in [0.5, 0.6) is 5.75 Å². The minimum Gasteiger partial charge on any atom is -0.494 e. The van der Waals surface area contributed by atoms with Crippen molar-refractivity contribution in [1.29, 1.82) is 0 Å². The van der Waals surface area contributed by atoms with Gasteiger partial charge in [0.1, 0.15) is 10.5 Å². The fourth-order valence-electron chi connectivity index (χ4n) is 1.47. The number of hydrogen-bond acceptors (Lipinski definition) is 4. The van der Waals surface area contributed by atoms with Crippen LogP contribution in [-0.2, 0) is 10.0 Å². The standard InChI is InChI=1S/C11H14ClNO5S/c1-4-13(2)19(16,17)9-6-7(12)5-8(11(14)15)10(9)18-3/h5-6H,4H2,1-3H3,(H,14,15). The van der Waals surface area contributed by atoms with Crippen molar-refractivity contribution in [3.8, 4) is 5.75 Å². The number of rotatable bonds is 5. The second-order valence-electron chi connectivity index (χ2n) is 3.71. The van der Waals surface area contributed by atoms with Crippen LogP contribution in [0.25, 0.3) is 0 Å². The van der Waals surface area contributed by atoms with Crippen LogP contribution in [0.1, 0.15) is 17.3 Å². The van der Waals surface area contributed by atoms with Crippen LogP contribution >= 0.6 is 11.6 Å². The molecule has 0 fully saturated rings. The lowest BCUT2D eigenvalue weighted by Gasteiger charge is -2.18. The summed E-state index contributed by atoms with van der Waals surface area (Å²) in [4.78, 5) is 10.8. The molecular formula is C11H14ClNO5S. The Balaban J connectivity index is 3.65. The first-order valence-corrected chi connectivity index (χ1v) is 7.14. The predicted octanol–water partition coefficient (Wildman–Crippen LogP) is 1.69. The lowest BCUT2D eigenvalue weighted by atomic mass is 10.2. The van der Waals surface area contributed by atoms with Gasteiger partial charge in [0.05, 0.1) is 7.11 Å². The molecule has 0 heterocycles. The molecule has 0 bridgehead atoms. The van der Waals surface area contributed by atoms with E-state index >= 15 is 0 Å². The van der Waals surface area contributed by atoms with Crippen LogP contribution in [0.3, 0.4) is 0 Å². The molecule has 106 valence electrons. The van der Waals surface area contributed by atoms with Gasteiger partial charge in [0.2, 0.25) is 10.0 Å². The molecule has 0 aliphatic rings. The highest BCUT2D eigenvalue weighted by atomic mass is 35.5. The maximum atomic E-state index is 12.3. The highest BCUT2D eigenvalue weighted by molar-refractivity contribution is 7.89. The van der Waals surface area contributed by atoms with Gasteiger partial charge in [0.25, 0.3) is 0 Å². The van der Waals surface area contributed by atoms with E-state index in [1.807, 2.05) is 0 Å². The summed E-state index contributed by atoms with van der Waals surface area (Å²) < 4.78 is 30.5. The summed E-state index contributed by atoms with van der Waals surface area (Å²) >= 11 is 5.78. The van der Waals surface area contributed by atoms with Gasteiger partial charge in [-0.05, 0) is 12.1 Å². The number of sulfonamides is 1. The lowest BCUT2D eigenvalue weighted by molar-refractivity contribution is 0.0693. The van der Waals surface area contributed by atoms with E-state index in [1.165, 1.54) is 20.2 Å². The zero-order valence-corrected chi connectivity index (χ0v) is 12.2. The summed E-state index contributed by atoms with van der Waals surface area (Å²) in [5.74, 6) is -1.54. The first-order chi connectivity index (χ1) is 8.75. The van der Waals surface area contributed by atoms with Crippen LogP contribution < -0.4 is 4.74 Å². The van der Waals surface area contributed by atoms with Crippen LogP contribution in [0, 0.1) is 0 Å². The molecule has 6 nitrogen and oxygen atoms in total. The minimum atomic E-state index is -3.85. The van der Waals surface area contributed by atoms with E-state index in [9.17, 15) is 13.2 Å². The highest BCUT2D eigenvalue weighted by Gasteiger charge is 2.28. The molecule has 0 unspecified atom stereocenters. The number of carboxylic acids is 1. The van der Waals surface area contributed by atoms with E-state index in [0.717, 1.165) is 10.4 Å². The third-order valence-electron chi connectivity index (χ3n) is 2.59. The van der Waals surface area contributed by atoms with Gasteiger partial charge in [-0.2, -0.15) is 0 Å². The predicted molar refractivity (Wildman–Crippen MR) is 70.5 cm³/mol. The number of hydrogen-bond donors (Lipinski definition) is 1. The quantitative estimate of drug-likeness (QED) is 0.895.